The molecule has 3 heterocycles. The minimum atomic E-state index is -1.11. The normalized spacial score (nSPS) is 27.1. The Hall–Kier alpha value is -2.11. The van der Waals surface area contributed by atoms with E-state index in [-0.39, 0.29) is 5.82 Å². The number of hydrogen-bond acceptors (Lipinski definition) is 9. The molecule has 136 valence electrons. The average Bonchev–Trinajstić information content (AvgIpc) is 3.13. The Morgan fingerprint density at radius 2 is 2.08 bits per heavy atom. The van der Waals surface area contributed by atoms with Gasteiger partial charge in [-0.15, -0.1) is 0 Å². The number of ether oxygens (including phenoxy) is 1. The smallest absolute Gasteiger partial charge is 0.167 e. The Morgan fingerprint density at radius 1 is 1.28 bits per heavy atom. The van der Waals surface area contributed by atoms with Gasteiger partial charge in [0, 0.05) is 19.6 Å². The molecule has 1 fully saturated rings. The summed E-state index contributed by atoms with van der Waals surface area (Å²) in [6, 6.07) is 0. The summed E-state index contributed by atoms with van der Waals surface area (Å²) in [7, 11) is 1.90. The molecule has 2 aromatic rings. The standard InChI is InChI=1S/C15H23N7O3/c1-21(5-3-2-4-16)6-9-11(23)12(24)15(25-9)22-8-20-10-13(17)18-7-19-14(10)22/h2-3,7-9,11-12,15,23-24H,4-6,16H2,1H3,(H2,17,18,19)/b3-2+. The SMILES string of the molecule is CN(C/C=C/CN)CC1OC(n2cnc3c(N)ncnc32)C(O)C1O. The van der Waals surface area contributed by atoms with E-state index in [0.717, 1.165) is 0 Å². The Balaban J connectivity index is 1.75. The van der Waals surface area contributed by atoms with Crippen molar-refractivity contribution < 1.29 is 14.9 Å². The molecule has 2 aromatic heterocycles. The summed E-state index contributed by atoms with van der Waals surface area (Å²) in [6.07, 6.45) is 3.13. The van der Waals surface area contributed by atoms with Gasteiger partial charge in [-0.2, -0.15) is 0 Å². The highest BCUT2D eigenvalue weighted by Crippen LogP contribution is 2.32. The van der Waals surface area contributed by atoms with Crippen molar-refractivity contribution in [3.63, 3.8) is 0 Å². The molecule has 4 unspecified atom stereocenters. The van der Waals surface area contributed by atoms with Crippen molar-refractivity contribution in [2.24, 2.45) is 5.73 Å². The predicted molar refractivity (Wildman–Crippen MR) is 91.4 cm³/mol. The van der Waals surface area contributed by atoms with E-state index in [2.05, 4.69) is 15.0 Å². The van der Waals surface area contributed by atoms with Gasteiger partial charge in [0.1, 0.15) is 30.2 Å². The van der Waals surface area contributed by atoms with Crippen molar-refractivity contribution in [1.29, 1.82) is 0 Å². The summed E-state index contributed by atoms with van der Waals surface area (Å²) in [5.74, 6) is 0.250. The van der Waals surface area contributed by atoms with Gasteiger partial charge in [-0.25, -0.2) is 15.0 Å². The lowest BCUT2D eigenvalue weighted by Crippen LogP contribution is -2.38. The van der Waals surface area contributed by atoms with Crippen LogP contribution in [0.2, 0.25) is 0 Å². The van der Waals surface area contributed by atoms with Crippen LogP contribution in [0.3, 0.4) is 0 Å². The lowest BCUT2D eigenvalue weighted by molar-refractivity contribution is -0.0414. The largest absolute Gasteiger partial charge is 0.387 e. The third-order valence-electron chi connectivity index (χ3n) is 4.21. The van der Waals surface area contributed by atoms with Crippen LogP contribution in [0.15, 0.2) is 24.8 Å². The first kappa shape index (κ1) is 17.7. The van der Waals surface area contributed by atoms with Crippen LogP contribution in [0, 0.1) is 0 Å². The number of fused-ring (bicyclic) bond motifs is 1. The Labute approximate surface area is 144 Å². The minimum Gasteiger partial charge on any atom is -0.387 e. The van der Waals surface area contributed by atoms with Crippen LogP contribution >= 0.6 is 0 Å². The average molecular weight is 349 g/mol. The number of anilines is 1. The van der Waals surface area contributed by atoms with E-state index in [0.29, 0.717) is 30.8 Å². The number of aromatic nitrogens is 4. The van der Waals surface area contributed by atoms with Crippen molar-refractivity contribution in [1.82, 2.24) is 24.4 Å². The molecule has 0 amide bonds. The van der Waals surface area contributed by atoms with E-state index in [1.54, 1.807) is 4.57 Å². The predicted octanol–water partition coefficient (Wildman–Crippen LogP) is -1.53. The van der Waals surface area contributed by atoms with Crippen molar-refractivity contribution in [3.05, 3.63) is 24.8 Å². The molecule has 1 aliphatic heterocycles. The minimum absolute atomic E-state index is 0.250. The highest BCUT2D eigenvalue weighted by atomic mass is 16.6. The van der Waals surface area contributed by atoms with E-state index < -0.39 is 24.5 Å². The molecule has 0 radical (unpaired) electrons. The molecule has 0 saturated carbocycles. The van der Waals surface area contributed by atoms with Gasteiger partial charge in [0.15, 0.2) is 17.7 Å². The molecule has 0 spiro atoms. The number of likely N-dealkylation sites (N-methyl/N-ethyl adjacent to an activating group) is 1. The molecule has 1 saturated heterocycles. The summed E-state index contributed by atoms with van der Waals surface area (Å²) in [6.45, 7) is 1.60. The van der Waals surface area contributed by atoms with Gasteiger partial charge in [0.05, 0.1) is 6.33 Å². The summed E-state index contributed by atoms with van der Waals surface area (Å²) in [4.78, 5) is 14.2. The van der Waals surface area contributed by atoms with E-state index in [1.807, 2.05) is 24.1 Å². The second-order valence-electron chi connectivity index (χ2n) is 6.06. The number of imidazole rings is 1. The summed E-state index contributed by atoms with van der Waals surface area (Å²) in [5, 5.41) is 20.8. The van der Waals surface area contributed by atoms with Crippen LogP contribution in [0.5, 0.6) is 0 Å². The lowest BCUT2D eigenvalue weighted by atomic mass is 10.1. The number of nitrogens with zero attached hydrogens (tertiary/aromatic N) is 5. The van der Waals surface area contributed by atoms with Gasteiger partial charge in [-0.05, 0) is 7.05 Å². The zero-order valence-corrected chi connectivity index (χ0v) is 13.9. The topological polar surface area (TPSA) is 149 Å². The molecule has 4 atom stereocenters. The maximum absolute atomic E-state index is 10.4. The van der Waals surface area contributed by atoms with Crippen LogP contribution in [0.25, 0.3) is 11.2 Å². The fourth-order valence-corrected chi connectivity index (χ4v) is 2.90. The maximum Gasteiger partial charge on any atom is 0.167 e. The molecule has 3 rings (SSSR count). The van der Waals surface area contributed by atoms with Crippen LogP contribution in [0.4, 0.5) is 5.82 Å². The van der Waals surface area contributed by atoms with Gasteiger partial charge in [-0.3, -0.25) is 4.57 Å². The summed E-state index contributed by atoms with van der Waals surface area (Å²) < 4.78 is 7.45. The first-order valence-corrected chi connectivity index (χ1v) is 8.01. The van der Waals surface area contributed by atoms with Crippen LogP contribution in [-0.2, 0) is 4.74 Å². The summed E-state index contributed by atoms with van der Waals surface area (Å²) >= 11 is 0. The van der Waals surface area contributed by atoms with Crippen LogP contribution in [-0.4, -0.2) is 79.6 Å². The zero-order valence-electron chi connectivity index (χ0n) is 13.9. The number of aliphatic hydroxyl groups is 2. The van der Waals surface area contributed by atoms with Gasteiger partial charge in [-0.1, -0.05) is 12.2 Å². The molecule has 0 aliphatic carbocycles. The molecular weight excluding hydrogens is 326 g/mol. The van der Waals surface area contributed by atoms with E-state index in [9.17, 15) is 10.2 Å². The molecular formula is C15H23N7O3. The molecule has 25 heavy (non-hydrogen) atoms. The highest BCUT2D eigenvalue weighted by molar-refractivity contribution is 5.81. The molecule has 1 aliphatic rings. The van der Waals surface area contributed by atoms with Gasteiger partial charge in [0.2, 0.25) is 0 Å². The van der Waals surface area contributed by atoms with E-state index >= 15 is 0 Å². The van der Waals surface area contributed by atoms with Crippen LogP contribution < -0.4 is 11.5 Å². The molecule has 10 nitrogen and oxygen atoms in total. The quantitative estimate of drug-likeness (QED) is 0.456. The Morgan fingerprint density at radius 3 is 2.84 bits per heavy atom. The van der Waals surface area contributed by atoms with Gasteiger partial charge in [0.25, 0.3) is 0 Å². The molecule has 6 N–H and O–H groups in total. The Kier molecular flexibility index (Phi) is 5.25. The van der Waals surface area contributed by atoms with Gasteiger partial charge < -0.3 is 31.3 Å². The fourth-order valence-electron chi connectivity index (χ4n) is 2.90. The number of nitrogens with two attached hydrogens (primary N) is 2. The first-order chi connectivity index (χ1) is 12.0. The second kappa shape index (κ2) is 7.42. The van der Waals surface area contributed by atoms with Crippen molar-refractivity contribution in [2.45, 2.75) is 24.5 Å². The van der Waals surface area contributed by atoms with Crippen molar-refractivity contribution in [3.8, 4) is 0 Å². The van der Waals surface area contributed by atoms with E-state index in [1.165, 1.54) is 12.7 Å². The van der Waals surface area contributed by atoms with Crippen LogP contribution in [0.1, 0.15) is 6.23 Å². The van der Waals surface area contributed by atoms with Crippen molar-refractivity contribution in [2.75, 3.05) is 32.4 Å². The second-order valence-corrected chi connectivity index (χ2v) is 6.06. The fraction of sp³-hybridized carbons (Fsp3) is 0.533. The number of rotatable bonds is 6. The van der Waals surface area contributed by atoms with Gasteiger partial charge >= 0.3 is 0 Å². The van der Waals surface area contributed by atoms with Crippen molar-refractivity contribution >= 4 is 17.0 Å². The first-order valence-electron chi connectivity index (χ1n) is 8.01. The Bertz CT molecular complexity index is 750. The molecule has 10 heteroatoms. The third-order valence-corrected chi connectivity index (χ3v) is 4.21. The lowest BCUT2D eigenvalue weighted by Gasteiger charge is -2.21. The number of hydrogen-bond donors (Lipinski definition) is 4. The van der Waals surface area contributed by atoms with E-state index in [4.69, 9.17) is 16.2 Å². The number of aliphatic hydroxyl groups excluding tert-OH is 2. The third kappa shape index (κ3) is 3.48. The maximum atomic E-state index is 10.4. The zero-order chi connectivity index (χ0) is 18.0. The molecule has 0 aromatic carbocycles. The highest BCUT2D eigenvalue weighted by Gasteiger charge is 2.44. The summed E-state index contributed by atoms with van der Waals surface area (Å²) in [5.41, 5.74) is 12.1. The molecule has 0 bridgehead atoms. The monoisotopic (exact) mass is 349 g/mol. The number of nitrogen functional groups attached to an aromatic ring is 1.